The van der Waals surface area contributed by atoms with Gasteiger partial charge in [-0.05, 0) is 24.6 Å². The summed E-state index contributed by atoms with van der Waals surface area (Å²) in [4.78, 5) is 4.84. The number of alkyl halides is 3. The summed E-state index contributed by atoms with van der Waals surface area (Å²) in [6.07, 6.45) is -3.52. The van der Waals surface area contributed by atoms with E-state index in [1.165, 1.54) is 12.1 Å². The van der Waals surface area contributed by atoms with E-state index in [0.717, 1.165) is 23.8 Å². The maximum Gasteiger partial charge on any atom is 0.416 e. The van der Waals surface area contributed by atoms with Crippen molar-refractivity contribution in [2.45, 2.75) is 19.1 Å². The Bertz CT molecular complexity index is 347. The molecule has 15 heavy (non-hydrogen) atoms. The highest BCUT2D eigenvalue weighted by Crippen LogP contribution is 2.34. The first-order valence-electron chi connectivity index (χ1n) is 4.41. The smallest absolute Gasteiger partial charge is 0.289 e. The summed E-state index contributed by atoms with van der Waals surface area (Å²) >= 11 is 0. The van der Waals surface area contributed by atoms with Gasteiger partial charge < -0.3 is 0 Å². The van der Waals surface area contributed by atoms with Gasteiger partial charge in [0.1, 0.15) is 6.10 Å². The van der Waals surface area contributed by atoms with Gasteiger partial charge in [0.2, 0.25) is 0 Å². The van der Waals surface area contributed by atoms with Crippen LogP contribution >= 0.6 is 0 Å². The third-order valence-corrected chi connectivity index (χ3v) is 2.32. The fourth-order valence-corrected chi connectivity index (χ4v) is 1.40. The summed E-state index contributed by atoms with van der Waals surface area (Å²) in [5, 5.41) is 0. The Morgan fingerprint density at radius 1 is 1.20 bits per heavy atom. The third-order valence-electron chi connectivity index (χ3n) is 2.32. The van der Waals surface area contributed by atoms with Crippen LogP contribution < -0.4 is 5.48 Å². The van der Waals surface area contributed by atoms with E-state index in [2.05, 4.69) is 5.48 Å². The van der Waals surface area contributed by atoms with Crippen LogP contribution in [0.2, 0.25) is 0 Å². The largest absolute Gasteiger partial charge is 0.416 e. The van der Waals surface area contributed by atoms with Crippen LogP contribution in [0.1, 0.15) is 24.1 Å². The van der Waals surface area contributed by atoms with Crippen molar-refractivity contribution in [1.29, 1.82) is 0 Å². The van der Waals surface area contributed by atoms with Gasteiger partial charge >= 0.3 is 6.18 Å². The SMILES string of the molecule is C[C]1ONC1c1ccc(C(F)(F)F)cc1. The molecule has 1 aliphatic rings. The molecular formula is C10H9F3NO. The molecule has 81 valence electrons. The van der Waals surface area contributed by atoms with Gasteiger partial charge in [0.05, 0.1) is 11.6 Å². The average Bonchev–Trinajstić information content (AvgIpc) is 2.15. The zero-order chi connectivity index (χ0) is 11.1. The molecule has 1 fully saturated rings. The molecule has 2 nitrogen and oxygen atoms in total. The van der Waals surface area contributed by atoms with Crippen LogP contribution in [0.5, 0.6) is 0 Å². The summed E-state index contributed by atoms with van der Waals surface area (Å²) in [5.74, 6) is 0. The zero-order valence-corrected chi connectivity index (χ0v) is 7.93. The lowest BCUT2D eigenvalue weighted by Crippen LogP contribution is -2.39. The highest BCUT2D eigenvalue weighted by atomic mass is 19.4. The van der Waals surface area contributed by atoms with Crippen LogP contribution in [0, 0.1) is 6.10 Å². The van der Waals surface area contributed by atoms with E-state index in [4.69, 9.17) is 4.84 Å². The van der Waals surface area contributed by atoms with E-state index < -0.39 is 11.7 Å². The molecule has 1 atom stereocenters. The second-order valence-corrected chi connectivity index (χ2v) is 3.38. The number of hydrogen-bond acceptors (Lipinski definition) is 2. The normalized spacial score (nSPS) is 22.5. The number of halogens is 3. The summed E-state index contributed by atoms with van der Waals surface area (Å²) in [6.45, 7) is 1.78. The van der Waals surface area contributed by atoms with E-state index in [-0.39, 0.29) is 6.04 Å². The van der Waals surface area contributed by atoms with Crippen molar-refractivity contribution in [2.75, 3.05) is 0 Å². The highest BCUT2D eigenvalue weighted by Gasteiger charge is 2.33. The Morgan fingerprint density at radius 2 is 1.80 bits per heavy atom. The molecule has 1 N–H and O–H groups in total. The van der Waals surface area contributed by atoms with Crippen LogP contribution in [0.25, 0.3) is 0 Å². The third kappa shape index (κ3) is 1.98. The minimum absolute atomic E-state index is 0.0905. The van der Waals surface area contributed by atoms with Crippen molar-refractivity contribution in [3.05, 3.63) is 41.5 Å². The monoisotopic (exact) mass is 216 g/mol. The van der Waals surface area contributed by atoms with Crippen molar-refractivity contribution < 1.29 is 18.0 Å². The second-order valence-electron chi connectivity index (χ2n) is 3.38. The zero-order valence-electron chi connectivity index (χ0n) is 7.93. The van der Waals surface area contributed by atoms with Gasteiger partial charge in [0, 0.05) is 0 Å². The van der Waals surface area contributed by atoms with Crippen molar-refractivity contribution in [3.8, 4) is 0 Å². The summed E-state index contributed by atoms with van der Waals surface area (Å²) in [7, 11) is 0. The Balaban J connectivity index is 2.17. The molecule has 0 spiro atoms. The maximum absolute atomic E-state index is 12.2. The summed E-state index contributed by atoms with van der Waals surface area (Å²) in [5.41, 5.74) is 2.79. The lowest BCUT2D eigenvalue weighted by atomic mass is 10.00. The fourth-order valence-electron chi connectivity index (χ4n) is 1.40. The molecule has 1 aromatic rings. The number of hydrogen-bond donors (Lipinski definition) is 1. The van der Waals surface area contributed by atoms with Gasteiger partial charge in [0.15, 0.2) is 0 Å². The first-order valence-corrected chi connectivity index (χ1v) is 4.41. The van der Waals surface area contributed by atoms with Gasteiger partial charge in [-0.1, -0.05) is 12.1 Å². The van der Waals surface area contributed by atoms with Crippen LogP contribution in [-0.2, 0) is 11.0 Å². The van der Waals surface area contributed by atoms with Gasteiger partial charge in [-0.25, -0.2) is 0 Å². The van der Waals surface area contributed by atoms with E-state index in [1.54, 1.807) is 6.92 Å². The number of rotatable bonds is 1. The lowest BCUT2D eigenvalue weighted by Gasteiger charge is -2.33. The molecule has 0 aliphatic carbocycles. The maximum atomic E-state index is 12.2. The van der Waals surface area contributed by atoms with Crippen molar-refractivity contribution >= 4 is 0 Å². The van der Waals surface area contributed by atoms with Crippen LogP contribution in [0.15, 0.2) is 24.3 Å². The van der Waals surface area contributed by atoms with Gasteiger partial charge in [0.25, 0.3) is 0 Å². The topological polar surface area (TPSA) is 21.3 Å². The predicted octanol–water partition coefficient (Wildman–Crippen LogP) is 2.83. The second kappa shape index (κ2) is 3.50. The quantitative estimate of drug-likeness (QED) is 0.779. The number of hydroxylamine groups is 1. The molecule has 0 bridgehead atoms. The van der Waals surface area contributed by atoms with Crippen LogP contribution in [0.4, 0.5) is 13.2 Å². The minimum atomic E-state index is -4.28. The van der Waals surface area contributed by atoms with Crippen molar-refractivity contribution in [2.24, 2.45) is 0 Å². The Hall–Kier alpha value is -1.07. The molecule has 0 saturated carbocycles. The molecule has 1 radical (unpaired) electrons. The standard InChI is InChI=1S/C10H9F3NO/c1-6-9(14-15-6)7-2-4-8(5-3-7)10(11,12)13/h2-5,9,14H,1H3. The Kier molecular flexibility index (Phi) is 2.44. The number of benzene rings is 1. The first kappa shape index (κ1) is 10.4. The first-order chi connectivity index (χ1) is 6.98. The van der Waals surface area contributed by atoms with Crippen LogP contribution in [0.3, 0.4) is 0 Å². The van der Waals surface area contributed by atoms with E-state index in [0.29, 0.717) is 0 Å². The minimum Gasteiger partial charge on any atom is -0.289 e. The highest BCUT2D eigenvalue weighted by molar-refractivity contribution is 5.29. The van der Waals surface area contributed by atoms with Crippen molar-refractivity contribution in [1.82, 2.24) is 5.48 Å². The molecule has 0 aromatic heterocycles. The van der Waals surface area contributed by atoms with Gasteiger partial charge in [-0.3, -0.25) is 4.84 Å². The van der Waals surface area contributed by atoms with Gasteiger partial charge in [-0.2, -0.15) is 18.7 Å². The molecule has 1 heterocycles. The molecule has 1 aliphatic heterocycles. The molecule has 1 aromatic carbocycles. The molecule has 2 rings (SSSR count). The Morgan fingerprint density at radius 3 is 2.13 bits per heavy atom. The molecular weight excluding hydrogens is 207 g/mol. The molecule has 1 unspecified atom stereocenters. The van der Waals surface area contributed by atoms with Gasteiger partial charge in [-0.15, -0.1) is 0 Å². The fraction of sp³-hybridized carbons (Fsp3) is 0.300. The van der Waals surface area contributed by atoms with E-state index in [9.17, 15) is 13.2 Å². The molecule has 1 saturated heterocycles. The number of nitrogens with one attached hydrogen (secondary N) is 1. The van der Waals surface area contributed by atoms with Crippen LogP contribution in [-0.4, -0.2) is 0 Å². The Labute approximate surface area is 85.0 Å². The van der Waals surface area contributed by atoms with Crippen molar-refractivity contribution in [3.63, 3.8) is 0 Å². The molecule has 0 amide bonds. The van der Waals surface area contributed by atoms with E-state index in [1.807, 2.05) is 0 Å². The van der Waals surface area contributed by atoms with E-state index >= 15 is 0 Å². The lowest BCUT2D eigenvalue weighted by molar-refractivity contribution is -0.137. The summed E-state index contributed by atoms with van der Waals surface area (Å²) in [6, 6.07) is 4.96. The molecule has 5 heteroatoms. The average molecular weight is 216 g/mol. The predicted molar refractivity (Wildman–Crippen MR) is 47.3 cm³/mol. The summed E-state index contributed by atoms with van der Waals surface area (Å²) < 4.78 is 36.7.